The summed E-state index contributed by atoms with van der Waals surface area (Å²) < 4.78 is 4.48. The van der Waals surface area contributed by atoms with Crippen LogP contribution in [0.2, 0.25) is 0 Å². The smallest absolute Gasteiger partial charge is 0.290 e. The monoisotopic (exact) mass is 161 g/mol. The van der Waals surface area contributed by atoms with Crippen LogP contribution < -0.4 is 5.73 Å². The first-order chi connectivity index (χ1) is 4.74. The van der Waals surface area contributed by atoms with Gasteiger partial charge in [-0.15, -0.1) is 11.6 Å². The SMILES string of the molecule is NC(=O)c1noc(CCl)n1. The average Bonchev–Trinajstić information content (AvgIpc) is 2.34. The highest BCUT2D eigenvalue weighted by molar-refractivity contribution is 6.16. The van der Waals surface area contributed by atoms with E-state index in [1.54, 1.807) is 0 Å². The summed E-state index contributed by atoms with van der Waals surface area (Å²) in [4.78, 5) is 13.9. The Balaban J connectivity index is 2.88. The third kappa shape index (κ3) is 1.24. The van der Waals surface area contributed by atoms with E-state index in [4.69, 9.17) is 17.3 Å². The number of nitrogens with two attached hydrogens (primary N) is 1. The predicted octanol–water partition coefficient (Wildman–Crippen LogP) is -0.0927. The van der Waals surface area contributed by atoms with Crippen molar-refractivity contribution in [3.8, 4) is 0 Å². The highest BCUT2D eigenvalue weighted by Gasteiger charge is 2.08. The van der Waals surface area contributed by atoms with E-state index in [1.807, 2.05) is 0 Å². The number of halogens is 1. The molecule has 0 saturated carbocycles. The van der Waals surface area contributed by atoms with Gasteiger partial charge in [0.15, 0.2) is 0 Å². The van der Waals surface area contributed by atoms with Crippen LogP contribution in [0.25, 0.3) is 0 Å². The molecule has 5 nitrogen and oxygen atoms in total. The molecule has 1 aromatic rings. The van der Waals surface area contributed by atoms with Crippen molar-refractivity contribution in [2.45, 2.75) is 5.88 Å². The topological polar surface area (TPSA) is 82.0 Å². The van der Waals surface area contributed by atoms with Gasteiger partial charge < -0.3 is 10.3 Å². The van der Waals surface area contributed by atoms with Crippen LogP contribution in [0.4, 0.5) is 0 Å². The molecule has 1 heterocycles. The zero-order valence-electron chi connectivity index (χ0n) is 4.87. The van der Waals surface area contributed by atoms with E-state index in [0.29, 0.717) is 0 Å². The number of primary amides is 1. The normalized spacial score (nSPS) is 9.70. The number of hydrogen-bond acceptors (Lipinski definition) is 4. The molecule has 0 unspecified atom stereocenters. The van der Waals surface area contributed by atoms with E-state index in [2.05, 4.69) is 14.7 Å². The Hall–Kier alpha value is -1.10. The lowest BCUT2D eigenvalue weighted by Gasteiger charge is -1.77. The Morgan fingerprint density at radius 1 is 1.80 bits per heavy atom. The van der Waals surface area contributed by atoms with Crippen molar-refractivity contribution < 1.29 is 9.32 Å². The summed E-state index contributed by atoms with van der Waals surface area (Å²) in [6.45, 7) is 0. The molecule has 0 bridgehead atoms. The van der Waals surface area contributed by atoms with Gasteiger partial charge in [0.1, 0.15) is 5.88 Å². The fraction of sp³-hybridized carbons (Fsp3) is 0.250. The molecule has 0 aliphatic rings. The van der Waals surface area contributed by atoms with E-state index in [9.17, 15) is 4.79 Å². The van der Waals surface area contributed by atoms with Gasteiger partial charge in [0.25, 0.3) is 11.7 Å². The van der Waals surface area contributed by atoms with Crippen molar-refractivity contribution in [2.75, 3.05) is 0 Å². The van der Waals surface area contributed by atoms with Crippen molar-refractivity contribution in [3.05, 3.63) is 11.7 Å². The van der Waals surface area contributed by atoms with Crippen LogP contribution >= 0.6 is 11.6 Å². The van der Waals surface area contributed by atoms with Gasteiger partial charge in [-0.05, 0) is 0 Å². The van der Waals surface area contributed by atoms with E-state index >= 15 is 0 Å². The Kier molecular flexibility index (Phi) is 1.86. The Morgan fingerprint density at radius 2 is 2.50 bits per heavy atom. The molecule has 1 amide bonds. The zero-order chi connectivity index (χ0) is 7.56. The number of alkyl halides is 1. The van der Waals surface area contributed by atoms with Gasteiger partial charge in [-0.1, -0.05) is 5.16 Å². The lowest BCUT2D eigenvalue weighted by molar-refractivity contribution is 0.0987. The van der Waals surface area contributed by atoms with Gasteiger partial charge >= 0.3 is 0 Å². The van der Waals surface area contributed by atoms with E-state index in [1.165, 1.54) is 0 Å². The van der Waals surface area contributed by atoms with E-state index in [-0.39, 0.29) is 17.6 Å². The Morgan fingerprint density at radius 3 is 2.80 bits per heavy atom. The second-order valence-corrected chi connectivity index (χ2v) is 1.78. The van der Waals surface area contributed by atoms with Gasteiger partial charge in [-0.2, -0.15) is 4.98 Å². The van der Waals surface area contributed by atoms with Crippen LogP contribution in [0, 0.1) is 0 Å². The van der Waals surface area contributed by atoms with Crippen LogP contribution in [0.5, 0.6) is 0 Å². The minimum atomic E-state index is -0.722. The van der Waals surface area contributed by atoms with E-state index in [0.717, 1.165) is 0 Å². The molecule has 0 fully saturated rings. The molecule has 0 aliphatic heterocycles. The summed E-state index contributed by atoms with van der Waals surface area (Å²) >= 11 is 5.30. The minimum Gasteiger partial charge on any atom is -0.363 e. The average molecular weight is 162 g/mol. The number of amides is 1. The molecule has 54 valence electrons. The highest BCUT2D eigenvalue weighted by atomic mass is 35.5. The van der Waals surface area contributed by atoms with Crippen LogP contribution in [0.3, 0.4) is 0 Å². The summed E-state index contributed by atoms with van der Waals surface area (Å²) in [6, 6.07) is 0. The molecule has 2 N–H and O–H groups in total. The minimum absolute atomic E-state index is 0.0836. The number of hydrogen-bond donors (Lipinski definition) is 1. The molecular weight excluding hydrogens is 158 g/mol. The highest BCUT2D eigenvalue weighted by Crippen LogP contribution is 1.98. The van der Waals surface area contributed by atoms with Crippen molar-refractivity contribution in [3.63, 3.8) is 0 Å². The Bertz CT molecular complexity index is 246. The first-order valence-electron chi connectivity index (χ1n) is 2.42. The number of nitrogens with zero attached hydrogens (tertiary/aromatic N) is 2. The first-order valence-corrected chi connectivity index (χ1v) is 2.96. The van der Waals surface area contributed by atoms with Gasteiger partial charge in [0, 0.05) is 0 Å². The fourth-order valence-electron chi connectivity index (χ4n) is 0.409. The quantitative estimate of drug-likeness (QED) is 0.615. The summed E-state index contributed by atoms with van der Waals surface area (Å²) in [7, 11) is 0. The van der Waals surface area contributed by atoms with Gasteiger partial charge in [0.2, 0.25) is 5.89 Å². The predicted molar refractivity (Wildman–Crippen MR) is 32.4 cm³/mol. The molecule has 0 atom stereocenters. The first kappa shape index (κ1) is 7.01. The largest absolute Gasteiger partial charge is 0.363 e. The third-order valence-electron chi connectivity index (χ3n) is 0.803. The van der Waals surface area contributed by atoms with Crippen molar-refractivity contribution >= 4 is 17.5 Å². The Labute approximate surface area is 61.2 Å². The van der Waals surface area contributed by atoms with Crippen LogP contribution in [0.1, 0.15) is 16.5 Å². The van der Waals surface area contributed by atoms with Gasteiger partial charge in [-0.25, -0.2) is 0 Å². The van der Waals surface area contributed by atoms with Crippen molar-refractivity contribution in [2.24, 2.45) is 5.73 Å². The molecule has 10 heavy (non-hydrogen) atoms. The molecule has 6 heteroatoms. The molecular formula is C4H4ClN3O2. The summed E-state index contributed by atoms with van der Waals surface area (Å²) in [5.41, 5.74) is 4.81. The molecule has 0 spiro atoms. The fourth-order valence-corrected chi connectivity index (χ4v) is 0.518. The lowest BCUT2D eigenvalue weighted by atomic mass is 10.6. The molecule has 0 aromatic carbocycles. The summed E-state index contributed by atoms with van der Waals surface area (Å²) in [5, 5.41) is 3.24. The third-order valence-corrected chi connectivity index (χ3v) is 1.03. The maximum atomic E-state index is 10.3. The zero-order valence-corrected chi connectivity index (χ0v) is 5.63. The second kappa shape index (κ2) is 2.66. The number of carbonyl (C=O) groups is 1. The molecule has 0 saturated heterocycles. The van der Waals surface area contributed by atoms with Gasteiger partial charge in [-0.3, -0.25) is 4.79 Å². The van der Waals surface area contributed by atoms with E-state index < -0.39 is 5.91 Å². The number of rotatable bonds is 2. The summed E-state index contributed by atoms with van der Waals surface area (Å²) in [5.74, 6) is -0.591. The maximum Gasteiger partial charge on any atom is 0.290 e. The number of aromatic nitrogens is 2. The molecule has 1 rings (SSSR count). The lowest BCUT2D eigenvalue weighted by Crippen LogP contribution is -2.12. The van der Waals surface area contributed by atoms with Crippen molar-refractivity contribution in [1.29, 1.82) is 0 Å². The molecule has 0 aliphatic carbocycles. The molecule has 1 aromatic heterocycles. The van der Waals surface area contributed by atoms with Gasteiger partial charge in [0.05, 0.1) is 0 Å². The van der Waals surface area contributed by atoms with Crippen molar-refractivity contribution in [1.82, 2.24) is 10.1 Å². The second-order valence-electron chi connectivity index (χ2n) is 1.51. The standard InChI is InChI=1S/C4H4ClN3O2/c5-1-2-7-4(3(6)9)8-10-2/h1H2,(H2,6,9). The van der Waals surface area contributed by atoms with Crippen LogP contribution in [-0.4, -0.2) is 16.0 Å². The van der Waals surface area contributed by atoms with Crippen LogP contribution in [0.15, 0.2) is 4.52 Å². The summed E-state index contributed by atoms with van der Waals surface area (Å²) in [6.07, 6.45) is 0. The number of carbonyl (C=O) groups excluding carboxylic acids is 1. The maximum absolute atomic E-state index is 10.3. The van der Waals surface area contributed by atoms with Crippen LogP contribution in [-0.2, 0) is 5.88 Å². The molecule has 0 radical (unpaired) electrons.